The van der Waals surface area contributed by atoms with Crippen molar-refractivity contribution in [3.63, 3.8) is 0 Å². The summed E-state index contributed by atoms with van der Waals surface area (Å²) in [7, 11) is 1.45. The number of carboxylic acid groups (broad SMARTS) is 1. The molecule has 0 atom stereocenters. The number of aromatic carboxylic acids is 1. The van der Waals surface area contributed by atoms with E-state index in [2.05, 4.69) is 0 Å². The summed E-state index contributed by atoms with van der Waals surface area (Å²) in [5.41, 5.74) is 0.621. The first-order valence-corrected chi connectivity index (χ1v) is 6.37. The van der Waals surface area contributed by atoms with E-state index in [-0.39, 0.29) is 22.9 Å². The second-order valence-electron chi connectivity index (χ2n) is 4.20. The highest BCUT2D eigenvalue weighted by molar-refractivity contribution is 6.30. The quantitative estimate of drug-likeness (QED) is 0.913. The van der Waals surface area contributed by atoms with Gasteiger partial charge in [0.2, 0.25) is 0 Å². The molecule has 21 heavy (non-hydrogen) atoms. The third-order valence-electron chi connectivity index (χ3n) is 2.80. The van der Waals surface area contributed by atoms with Crippen molar-refractivity contribution in [3.05, 3.63) is 58.4 Å². The number of ether oxygens (including phenoxy) is 2. The third kappa shape index (κ3) is 3.64. The molecule has 0 spiro atoms. The Morgan fingerprint density at radius 3 is 2.67 bits per heavy atom. The number of methoxy groups -OCH3 is 1. The van der Waals surface area contributed by atoms with Crippen LogP contribution in [0.25, 0.3) is 0 Å². The predicted octanol–water partition coefficient (Wildman–Crippen LogP) is 3.76. The zero-order chi connectivity index (χ0) is 15.4. The molecule has 2 aromatic rings. The molecule has 4 nitrogen and oxygen atoms in total. The first-order chi connectivity index (χ1) is 10.0. The fourth-order valence-electron chi connectivity index (χ4n) is 1.72. The lowest BCUT2D eigenvalue weighted by atomic mass is 10.2. The van der Waals surface area contributed by atoms with Gasteiger partial charge in [-0.1, -0.05) is 17.7 Å². The number of halogens is 2. The van der Waals surface area contributed by atoms with Crippen LogP contribution < -0.4 is 9.47 Å². The molecule has 2 rings (SSSR count). The second kappa shape index (κ2) is 6.45. The number of rotatable bonds is 5. The molecule has 0 aliphatic heterocycles. The first-order valence-electron chi connectivity index (χ1n) is 5.99. The van der Waals surface area contributed by atoms with E-state index in [0.717, 1.165) is 0 Å². The summed E-state index contributed by atoms with van der Waals surface area (Å²) in [5, 5.41) is 9.15. The van der Waals surface area contributed by atoms with Gasteiger partial charge in [-0.25, -0.2) is 9.18 Å². The Bertz CT molecular complexity index is 673. The van der Waals surface area contributed by atoms with Crippen molar-refractivity contribution in [3.8, 4) is 11.5 Å². The molecule has 0 radical (unpaired) electrons. The summed E-state index contributed by atoms with van der Waals surface area (Å²) in [6, 6.07) is 8.65. The Morgan fingerprint density at radius 2 is 2.05 bits per heavy atom. The SMILES string of the molecule is COc1ccc(OCc2ccc(F)c(Cl)c2)c(C(=O)O)c1. The number of carboxylic acids is 1. The Balaban J connectivity index is 2.19. The highest BCUT2D eigenvalue weighted by Gasteiger charge is 2.13. The van der Waals surface area contributed by atoms with Gasteiger partial charge < -0.3 is 14.6 Å². The van der Waals surface area contributed by atoms with Crippen LogP contribution in [0.1, 0.15) is 15.9 Å². The van der Waals surface area contributed by atoms with Gasteiger partial charge in [-0.05, 0) is 35.9 Å². The summed E-state index contributed by atoms with van der Waals surface area (Å²) in [6.45, 7) is 0.0760. The van der Waals surface area contributed by atoms with Crippen LogP contribution in [0.3, 0.4) is 0 Å². The van der Waals surface area contributed by atoms with Crippen LogP contribution in [0, 0.1) is 5.82 Å². The zero-order valence-electron chi connectivity index (χ0n) is 11.1. The Hall–Kier alpha value is -2.27. The van der Waals surface area contributed by atoms with Crippen molar-refractivity contribution in [2.45, 2.75) is 6.61 Å². The minimum atomic E-state index is -1.12. The molecule has 0 fully saturated rings. The van der Waals surface area contributed by atoms with Crippen molar-refractivity contribution in [2.24, 2.45) is 0 Å². The van der Waals surface area contributed by atoms with Crippen LogP contribution in [0.4, 0.5) is 4.39 Å². The number of hydrogen-bond acceptors (Lipinski definition) is 3. The van der Waals surface area contributed by atoms with Gasteiger partial charge in [0.05, 0.1) is 12.1 Å². The lowest BCUT2D eigenvalue weighted by Gasteiger charge is -2.11. The van der Waals surface area contributed by atoms with Gasteiger partial charge in [-0.3, -0.25) is 0 Å². The molecule has 0 aliphatic carbocycles. The van der Waals surface area contributed by atoms with Crippen LogP contribution in [0.15, 0.2) is 36.4 Å². The van der Waals surface area contributed by atoms with E-state index in [9.17, 15) is 9.18 Å². The molecular weight excluding hydrogens is 299 g/mol. The molecule has 0 aliphatic rings. The van der Waals surface area contributed by atoms with Gasteiger partial charge in [0.15, 0.2) is 0 Å². The van der Waals surface area contributed by atoms with E-state index in [1.54, 1.807) is 6.07 Å². The molecule has 0 saturated carbocycles. The summed E-state index contributed by atoms with van der Waals surface area (Å²) in [4.78, 5) is 11.2. The molecule has 2 aromatic carbocycles. The van der Waals surface area contributed by atoms with Crippen molar-refractivity contribution < 1.29 is 23.8 Å². The van der Waals surface area contributed by atoms with E-state index >= 15 is 0 Å². The van der Waals surface area contributed by atoms with E-state index in [4.69, 9.17) is 26.2 Å². The predicted molar refractivity (Wildman–Crippen MR) is 75.7 cm³/mol. The maximum Gasteiger partial charge on any atom is 0.339 e. The topological polar surface area (TPSA) is 55.8 Å². The zero-order valence-corrected chi connectivity index (χ0v) is 11.9. The van der Waals surface area contributed by atoms with E-state index in [1.807, 2.05) is 0 Å². The minimum absolute atomic E-state index is 0.00992. The van der Waals surface area contributed by atoms with Crippen molar-refractivity contribution in [2.75, 3.05) is 7.11 Å². The van der Waals surface area contributed by atoms with Crippen molar-refractivity contribution in [1.29, 1.82) is 0 Å². The first kappa shape index (κ1) is 15.1. The summed E-state index contributed by atoms with van der Waals surface area (Å²) >= 11 is 5.68. The summed E-state index contributed by atoms with van der Waals surface area (Å²) in [6.07, 6.45) is 0. The normalized spacial score (nSPS) is 10.2. The van der Waals surface area contributed by atoms with Gasteiger partial charge in [0.25, 0.3) is 0 Å². The van der Waals surface area contributed by atoms with E-state index in [0.29, 0.717) is 11.3 Å². The van der Waals surface area contributed by atoms with Crippen LogP contribution in [0.5, 0.6) is 11.5 Å². The van der Waals surface area contributed by atoms with Gasteiger partial charge in [0.1, 0.15) is 29.5 Å². The van der Waals surface area contributed by atoms with Gasteiger partial charge in [-0.2, -0.15) is 0 Å². The third-order valence-corrected chi connectivity index (χ3v) is 3.09. The van der Waals surface area contributed by atoms with Crippen LogP contribution >= 0.6 is 11.6 Å². The van der Waals surface area contributed by atoms with E-state index < -0.39 is 11.8 Å². The molecule has 0 heterocycles. The maximum absolute atomic E-state index is 13.1. The molecule has 0 bridgehead atoms. The number of hydrogen-bond donors (Lipinski definition) is 1. The molecule has 0 saturated heterocycles. The summed E-state index contributed by atoms with van der Waals surface area (Å²) < 4.78 is 23.5. The molecule has 0 amide bonds. The molecule has 110 valence electrons. The molecule has 1 N–H and O–H groups in total. The highest BCUT2D eigenvalue weighted by atomic mass is 35.5. The van der Waals surface area contributed by atoms with Gasteiger partial charge in [-0.15, -0.1) is 0 Å². The molecular formula is C15H12ClFO4. The van der Waals surface area contributed by atoms with Crippen LogP contribution in [-0.4, -0.2) is 18.2 Å². The number of carbonyl (C=O) groups is 1. The molecule has 6 heteroatoms. The van der Waals surface area contributed by atoms with Crippen LogP contribution in [-0.2, 0) is 6.61 Å². The average Bonchev–Trinajstić information content (AvgIpc) is 2.48. The lowest BCUT2D eigenvalue weighted by molar-refractivity contribution is 0.0691. The minimum Gasteiger partial charge on any atom is -0.497 e. The molecule has 0 aromatic heterocycles. The van der Waals surface area contributed by atoms with Crippen molar-refractivity contribution >= 4 is 17.6 Å². The fourth-order valence-corrected chi connectivity index (χ4v) is 1.92. The van der Waals surface area contributed by atoms with E-state index in [1.165, 1.54) is 37.4 Å². The van der Waals surface area contributed by atoms with Gasteiger partial charge in [0, 0.05) is 0 Å². The van der Waals surface area contributed by atoms with Crippen molar-refractivity contribution in [1.82, 2.24) is 0 Å². The smallest absolute Gasteiger partial charge is 0.339 e. The summed E-state index contributed by atoms with van der Waals surface area (Å²) in [5.74, 6) is -1.02. The van der Waals surface area contributed by atoms with Gasteiger partial charge >= 0.3 is 5.97 Å². The Kier molecular flexibility index (Phi) is 4.65. The fraction of sp³-hybridized carbons (Fsp3) is 0.133. The second-order valence-corrected chi connectivity index (χ2v) is 4.61. The molecule has 0 unspecified atom stereocenters. The highest BCUT2D eigenvalue weighted by Crippen LogP contribution is 2.25. The standard InChI is InChI=1S/C15H12ClFO4/c1-20-10-3-5-14(11(7-10)15(18)19)21-8-9-2-4-13(17)12(16)6-9/h2-7H,8H2,1H3,(H,18,19). The van der Waals surface area contributed by atoms with Crippen LogP contribution in [0.2, 0.25) is 5.02 Å². The average molecular weight is 311 g/mol. The lowest BCUT2D eigenvalue weighted by Crippen LogP contribution is -2.04. The Morgan fingerprint density at radius 1 is 1.29 bits per heavy atom. The largest absolute Gasteiger partial charge is 0.497 e. The number of benzene rings is 2. The monoisotopic (exact) mass is 310 g/mol. The Labute approximate surface area is 125 Å². The maximum atomic E-state index is 13.1.